The highest BCUT2D eigenvalue weighted by molar-refractivity contribution is 9.10. The van der Waals surface area contributed by atoms with Gasteiger partial charge in [0.2, 0.25) is 0 Å². The summed E-state index contributed by atoms with van der Waals surface area (Å²) in [5, 5.41) is 8.98. The third-order valence-corrected chi connectivity index (χ3v) is 3.92. The molecule has 0 saturated carbocycles. The number of aryl methyl sites for hydroxylation is 1. The molecule has 4 nitrogen and oxygen atoms in total. The summed E-state index contributed by atoms with van der Waals surface area (Å²) in [5.74, 6) is -0.0139. The molecule has 2 rings (SSSR count). The number of hydrogen-bond donors (Lipinski definition) is 1. The van der Waals surface area contributed by atoms with Gasteiger partial charge in [0.15, 0.2) is 5.69 Å². The number of rotatable bonds is 4. The number of aromatic nitrogens is 2. The van der Waals surface area contributed by atoms with E-state index in [4.69, 9.17) is 5.11 Å². The van der Waals surface area contributed by atoms with Crippen LogP contribution in [0.2, 0.25) is 0 Å². The topological polar surface area (TPSA) is 63.1 Å². The lowest BCUT2D eigenvalue weighted by molar-refractivity contribution is 0.0689. The van der Waals surface area contributed by atoms with Gasteiger partial charge in [0.05, 0.1) is 10.2 Å². The summed E-state index contributed by atoms with van der Waals surface area (Å²) < 4.78 is 0.393. The van der Waals surface area contributed by atoms with Crippen molar-refractivity contribution in [3.05, 3.63) is 52.0 Å². The maximum absolute atomic E-state index is 11.0. The van der Waals surface area contributed by atoms with Crippen LogP contribution in [-0.4, -0.2) is 21.0 Å². The van der Waals surface area contributed by atoms with Gasteiger partial charge >= 0.3 is 5.97 Å². The van der Waals surface area contributed by atoms with Gasteiger partial charge in [-0.05, 0) is 35.0 Å². The third-order valence-electron chi connectivity index (χ3n) is 2.35. The molecule has 0 fully saturated rings. The molecule has 0 unspecified atom stereocenters. The zero-order valence-corrected chi connectivity index (χ0v) is 12.5. The van der Waals surface area contributed by atoms with Crippen molar-refractivity contribution in [1.82, 2.24) is 9.97 Å². The van der Waals surface area contributed by atoms with Gasteiger partial charge in [-0.2, -0.15) is 0 Å². The van der Waals surface area contributed by atoms with E-state index in [0.717, 1.165) is 4.90 Å². The predicted molar refractivity (Wildman–Crippen MR) is 77.4 cm³/mol. The lowest BCUT2D eigenvalue weighted by Gasteiger charge is -2.04. The number of hydrogen-bond acceptors (Lipinski definition) is 4. The van der Waals surface area contributed by atoms with Gasteiger partial charge in [-0.15, -0.1) is 11.8 Å². The summed E-state index contributed by atoms with van der Waals surface area (Å²) in [4.78, 5) is 20.2. The third kappa shape index (κ3) is 3.78. The Balaban J connectivity index is 2.12. The summed E-state index contributed by atoms with van der Waals surface area (Å²) in [7, 11) is 0. The molecule has 1 N–H and O–H groups in total. The van der Waals surface area contributed by atoms with E-state index >= 15 is 0 Å². The van der Waals surface area contributed by atoms with E-state index in [-0.39, 0.29) is 5.69 Å². The van der Waals surface area contributed by atoms with Gasteiger partial charge < -0.3 is 5.11 Å². The van der Waals surface area contributed by atoms with Gasteiger partial charge in [-0.25, -0.2) is 14.8 Å². The summed E-state index contributed by atoms with van der Waals surface area (Å²) in [6, 6.07) is 8.10. The number of thioether (sulfide) groups is 1. The number of nitrogens with zero attached hydrogens (tertiary/aromatic N) is 2. The second-order valence-electron chi connectivity index (χ2n) is 3.89. The normalized spacial score (nSPS) is 10.4. The van der Waals surface area contributed by atoms with Crippen LogP contribution < -0.4 is 0 Å². The Morgan fingerprint density at radius 2 is 2.26 bits per heavy atom. The second kappa shape index (κ2) is 6.16. The van der Waals surface area contributed by atoms with E-state index in [9.17, 15) is 4.79 Å². The van der Waals surface area contributed by atoms with Crippen molar-refractivity contribution >= 4 is 33.7 Å². The fourth-order valence-corrected chi connectivity index (χ4v) is 2.72. The molecule has 0 radical (unpaired) electrons. The zero-order chi connectivity index (χ0) is 13.8. The molecule has 0 aliphatic heterocycles. The first-order valence-electron chi connectivity index (χ1n) is 5.50. The maximum atomic E-state index is 11.0. The first-order valence-corrected chi connectivity index (χ1v) is 7.28. The Morgan fingerprint density at radius 1 is 1.47 bits per heavy atom. The zero-order valence-electron chi connectivity index (χ0n) is 10.1. The van der Waals surface area contributed by atoms with E-state index in [1.54, 1.807) is 11.8 Å². The SMILES string of the molecule is Cc1cccc(SCc2ncc(Br)c(C(=O)O)n2)c1. The number of benzene rings is 1. The van der Waals surface area contributed by atoms with Crippen molar-refractivity contribution in [3.8, 4) is 0 Å². The average molecular weight is 339 g/mol. The molecule has 1 heterocycles. The fourth-order valence-electron chi connectivity index (χ4n) is 1.48. The molecule has 0 saturated heterocycles. The predicted octanol–water partition coefficient (Wildman–Crippen LogP) is 3.54. The highest BCUT2D eigenvalue weighted by atomic mass is 79.9. The number of aromatic carboxylic acids is 1. The summed E-state index contributed by atoms with van der Waals surface area (Å²) in [5.41, 5.74) is 1.18. The lowest BCUT2D eigenvalue weighted by Crippen LogP contribution is -2.05. The molecule has 98 valence electrons. The van der Waals surface area contributed by atoms with Gasteiger partial charge in [-0.3, -0.25) is 0 Å². The Bertz CT molecular complexity index is 619. The van der Waals surface area contributed by atoms with Crippen LogP contribution in [-0.2, 0) is 5.75 Å². The van der Waals surface area contributed by atoms with Gasteiger partial charge in [0, 0.05) is 11.1 Å². The van der Waals surface area contributed by atoms with Crippen LogP contribution in [0, 0.1) is 6.92 Å². The maximum Gasteiger partial charge on any atom is 0.355 e. The standard InChI is InChI=1S/C13H11BrN2O2S/c1-8-3-2-4-9(5-8)19-7-11-15-6-10(14)12(16-11)13(17)18/h2-6H,7H2,1H3,(H,17,18). The van der Waals surface area contributed by atoms with Crippen molar-refractivity contribution in [2.75, 3.05) is 0 Å². The van der Waals surface area contributed by atoms with Gasteiger partial charge in [0.25, 0.3) is 0 Å². The molecule has 19 heavy (non-hydrogen) atoms. The number of halogens is 1. The first kappa shape index (κ1) is 14.0. The molecule has 2 aromatic rings. The molecule has 0 aliphatic rings. The van der Waals surface area contributed by atoms with Crippen molar-refractivity contribution in [2.45, 2.75) is 17.6 Å². The number of carboxylic acids is 1. The minimum Gasteiger partial charge on any atom is -0.476 e. The van der Waals surface area contributed by atoms with Crippen LogP contribution in [0.5, 0.6) is 0 Å². The minimum atomic E-state index is -1.06. The molecule has 0 bridgehead atoms. The van der Waals surface area contributed by atoms with Crippen molar-refractivity contribution in [2.24, 2.45) is 0 Å². The molecule has 6 heteroatoms. The van der Waals surface area contributed by atoms with E-state index in [0.29, 0.717) is 16.0 Å². The number of carboxylic acid groups (broad SMARTS) is 1. The fraction of sp³-hybridized carbons (Fsp3) is 0.154. The van der Waals surface area contributed by atoms with E-state index in [2.05, 4.69) is 32.0 Å². The molecule has 1 aromatic heterocycles. The second-order valence-corrected chi connectivity index (χ2v) is 5.80. The van der Waals surface area contributed by atoms with Crippen LogP contribution in [0.4, 0.5) is 0 Å². The first-order chi connectivity index (χ1) is 9.06. The Labute approximate surface area is 123 Å². The van der Waals surface area contributed by atoms with E-state index < -0.39 is 5.97 Å². The van der Waals surface area contributed by atoms with Gasteiger partial charge in [0.1, 0.15) is 5.82 Å². The quantitative estimate of drug-likeness (QED) is 0.864. The number of carbonyl (C=O) groups is 1. The summed E-state index contributed by atoms with van der Waals surface area (Å²) >= 11 is 4.70. The molecule has 0 spiro atoms. The lowest BCUT2D eigenvalue weighted by atomic mass is 10.2. The molecular weight excluding hydrogens is 328 g/mol. The monoisotopic (exact) mass is 338 g/mol. The highest BCUT2D eigenvalue weighted by Gasteiger charge is 2.12. The van der Waals surface area contributed by atoms with E-state index in [1.807, 2.05) is 25.1 Å². The van der Waals surface area contributed by atoms with Crippen LogP contribution in [0.15, 0.2) is 39.8 Å². The van der Waals surface area contributed by atoms with Crippen LogP contribution in [0.25, 0.3) is 0 Å². The van der Waals surface area contributed by atoms with Crippen LogP contribution in [0.3, 0.4) is 0 Å². The Hall–Kier alpha value is -1.40. The highest BCUT2D eigenvalue weighted by Crippen LogP contribution is 2.23. The van der Waals surface area contributed by atoms with Crippen molar-refractivity contribution < 1.29 is 9.90 Å². The van der Waals surface area contributed by atoms with Crippen molar-refractivity contribution in [3.63, 3.8) is 0 Å². The summed E-state index contributed by atoms with van der Waals surface area (Å²) in [6.07, 6.45) is 1.47. The Morgan fingerprint density at radius 3 is 2.95 bits per heavy atom. The average Bonchev–Trinajstić information content (AvgIpc) is 2.37. The molecule has 0 atom stereocenters. The smallest absolute Gasteiger partial charge is 0.355 e. The van der Waals surface area contributed by atoms with E-state index in [1.165, 1.54) is 11.8 Å². The molecular formula is C13H11BrN2O2S. The Kier molecular flexibility index (Phi) is 4.55. The van der Waals surface area contributed by atoms with Crippen molar-refractivity contribution in [1.29, 1.82) is 0 Å². The summed E-state index contributed by atoms with van der Waals surface area (Å²) in [6.45, 7) is 2.03. The van der Waals surface area contributed by atoms with Crippen LogP contribution >= 0.6 is 27.7 Å². The minimum absolute atomic E-state index is 0.00478. The van der Waals surface area contributed by atoms with Crippen LogP contribution in [0.1, 0.15) is 21.9 Å². The largest absolute Gasteiger partial charge is 0.476 e. The molecule has 0 aliphatic carbocycles. The molecule has 1 aromatic carbocycles. The van der Waals surface area contributed by atoms with Gasteiger partial charge in [-0.1, -0.05) is 17.7 Å². The molecule has 0 amide bonds.